The molecule has 2 aliphatic heterocycles. The first-order valence-electron chi connectivity index (χ1n) is 9.30. The molecular weight excluding hydrogens is 348 g/mol. The predicted octanol–water partition coefficient (Wildman–Crippen LogP) is 2.14. The highest BCUT2D eigenvalue weighted by atomic mass is 32.2. The molecule has 0 radical (unpaired) electrons. The lowest BCUT2D eigenvalue weighted by molar-refractivity contribution is -0.142. The third-order valence-electron chi connectivity index (χ3n) is 5.64. The second-order valence-electron chi connectivity index (χ2n) is 7.53. The van der Waals surface area contributed by atoms with Crippen LogP contribution in [0.2, 0.25) is 0 Å². The van der Waals surface area contributed by atoms with Gasteiger partial charge >= 0.3 is 0 Å². The molecule has 26 heavy (non-hydrogen) atoms. The molecule has 0 aliphatic carbocycles. The van der Waals surface area contributed by atoms with Crippen LogP contribution in [0.15, 0.2) is 30.3 Å². The third kappa shape index (κ3) is 4.41. The highest BCUT2D eigenvalue weighted by molar-refractivity contribution is 7.98. The van der Waals surface area contributed by atoms with Crippen molar-refractivity contribution in [2.45, 2.75) is 38.3 Å². The summed E-state index contributed by atoms with van der Waals surface area (Å²) in [5, 5.41) is 10.0. The zero-order valence-electron chi connectivity index (χ0n) is 15.4. The molecule has 2 aliphatic rings. The number of hydrogen-bond donors (Lipinski definition) is 1. The topological polar surface area (TPSA) is 60.9 Å². The fourth-order valence-corrected chi connectivity index (χ4v) is 4.49. The molecule has 2 amide bonds. The minimum Gasteiger partial charge on any atom is -0.383 e. The Morgan fingerprint density at radius 3 is 2.62 bits per heavy atom. The molecule has 6 heteroatoms. The van der Waals surface area contributed by atoms with Crippen LogP contribution in [0.5, 0.6) is 0 Å². The van der Waals surface area contributed by atoms with E-state index < -0.39 is 6.10 Å². The number of piperidine rings is 1. The zero-order chi connectivity index (χ0) is 18.6. The van der Waals surface area contributed by atoms with E-state index in [-0.39, 0.29) is 17.2 Å². The van der Waals surface area contributed by atoms with Gasteiger partial charge in [-0.15, -0.1) is 0 Å². The first-order chi connectivity index (χ1) is 12.5. The molecule has 0 aromatic heterocycles. The van der Waals surface area contributed by atoms with Crippen LogP contribution >= 0.6 is 11.8 Å². The summed E-state index contributed by atoms with van der Waals surface area (Å²) in [5.74, 6) is 0.848. The maximum absolute atomic E-state index is 12.5. The van der Waals surface area contributed by atoms with Gasteiger partial charge in [0, 0.05) is 38.0 Å². The predicted molar refractivity (Wildman–Crippen MR) is 104 cm³/mol. The smallest absolute Gasteiger partial charge is 0.251 e. The fraction of sp³-hybridized carbons (Fsp3) is 0.600. The largest absolute Gasteiger partial charge is 0.383 e. The molecule has 2 heterocycles. The number of hydrogen-bond acceptors (Lipinski definition) is 4. The third-order valence-corrected chi connectivity index (χ3v) is 6.28. The first-order valence-corrected chi connectivity index (χ1v) is 10.7. The molecule has 2 saturated heterocycles. The van der Waals surface area contributed by atoms with E-state index in [1.54, 1.807) is 16.7 Å². The number of amides is 2. The van der Waals surface area contributed by atoms with Gasteiger partial charge in [0.25, 0.3) is 5.91 Å². The van der Waals surface area contributed by atoms with Crippen molar-refractivity contribution in [1.82, 2.24) is 9.80 Å². The van der Waals surface area contributed by atoms with E-state index >= 15 is 0 Å². The highest BCUT2D eigenvalue weighted by Crippen LogP contribution is 2.41. The molecular formula is C20H28N2O3S. The molecule has 0 saturated carbocycles. The number of thioether (sulfide) groups is 1. The average molecular weight is 377 g/mol. The van der Waals surface area contributed by atoms with Crippen LogP contribution in [0.3, 0.4) is 0 Å². The lowest BCUT2D eigenvalue weighted by Gasteiger charge is -2.39. The van der Waals surface area contributed by atoms with Gasteiger partial charge < -0.3 is 14.9 Å². The summed E-state index contributed by atoms with van der Waals surface area (Å²) in [5.41, 5.74) is 1.15. The van der Waals surface area contributed by atoms with Gasteiger partial charge in [-0.25, -0.2) is 0 Å². The van der Waals surface area contributed by atoms with E-state index in [0.717, 1.165) is 30.7 Å². The van der Waals surface area contributed by atoms with Crippen molar-refractivity contribution in [2.24, 2.45) is 5.41 Å². The molecule has 1 atom stereocenters. The number of aliphatic hydroxyl groups excluding tert-OH is 1. The van der Waals surface area contributed by atoms with Crippen molar-refractivity contribution >= 4 is 23.6 Å². The summed E-state index contributed by atoms with van der Waals surface area (Å²) in [4.78, 5) is 28.6. The summed E-state index contributed by atoms with van der Waals surface area (Å²) in [6.07, 6.45) is 3.84. The summed E-state index contributed by atoms with van der Waals surface area (Å²) in [6, 6.07) is 10.1. The van der Waals surface area contributed by atoms with Gasteiger partial charge in [-0.2, -0.15) is 11.8 Å². The van der Waals surface area contributed by atoms with Crippen LogP contribution in [0.1, 0.15) is 31.2 Å². The van der Waals surface area contributed by atoms with Crippen molar-refractivity contribution in [2.75, 3.05) is 31.6 Å². The van der Waals surface area contributed by atoms with E-state index in [1.807, 2.05) is 29.4 Å². The lowest BCUT2D eigenvalue weighted by Crippen LogP contribution is -2.47. The van der Waals surface area contributed by atoms with Crippen LogP contribution in [-0.4, -0.2) is 64.5 Å². The van der Waals surface area contributed by atoms with Gasteiger partial charge in [0.2, 0.25) is 5.91 Å². The van der Waals surface area contributed by atoms with Crippen molar-refractivity contribution in [3.05, 3.63) is 35.9 Å². The first kappa shape index (κ1) is 19.2. The second-order valence-corrected chi connectivity index (χ2v) is 8.52. The van der Waals surface area contributed by atoms with Crippen LogP contribution in [-0.2, 0) is 16.1 Å². The maximum Gasteiger partial charge on any atom is 0.251 e. The number of rotatable bonds is 6. The Kier molecular flexibility index (Phi) is 6.24. The van der Waals surface area contributed by atoms with Crippen LogP contribution in [0.25, 0.3) is 0 Å². The Morgan fingerprint density at radius 2 is 1.96 bits per heavy atom. The highest BCUT2D eigenvalue weighted by Gasteiger charge is 2.45. The monoisotopic (exact) mass is 376 g/mol. The number of benzene rings is 1. The van der Waals surface area contributed by atoms with Gasteiger partial charge in [-0.05, 0) is 36.8 Å². The number of aliphatic hydroxyl groups is 1. The van der Waals surface area contributed by atoms with E-state index in [2.05, 4.69) is 12.1 Å². The molecule has 1 spiro atoms. The van der Waals surface area contributed by atoms with Crippen LogP contribution in [0, 0.1) is 5.41 Å². The van der Waals surface area contributed by atoms with E-state index in [9.17, 15) is 14.7 Å². The molecule has 2 fully saturated rings. The Morgan fingerprint density at radius 1 is 1.27 bits per heavy atom. The summed E-state index contributed by atoms with van der Waals surface area (Å²) in [7, 11) is 0. The van der Waals surface area contributed by atoms with E-state index in [0.29, 0.717) is 32.5 Å². The SMILES string of the molecule is CSCCC(O)C(=O)N1CCC2(CC1)CC(=O)N(Cc1ccccc1)C2. The Balaban J connectivity index is 1.54. The fourth-order valence-electron chi connectivity index (χ4n) is 4.03. The van der Waals surface area contributed by atoms with Crippen LogP contribution < -0.4 is 0 Å². The molecule has 1 aromatic rings. The summed E-state index contributed by atoms with van der Waals surface area (Å²) < 4.78 is 0. The number of carbonyl (C=O) groups excluding carboxylic acids is 2. The maximum atomic E-state index is 12.5. The molecule has 3 rings (SSSR count). The minimum atomic E-state index is -0.892. The van der Waals surface area contributed by atoms with E-state index in [4.69, 9.17) is 0 Å². The molecule has 1 N–H and O–H groups in total. The van der Waals surface area contributed by atoms with Crippen molar-refractivity contribution in [1.29, 1.82) is 0 Å². The van der Waals surface area contributed by atoms with Crippen molar-refractivity contribution < 1.29 is 14.7 Å². The Hall–Kier alpha value is -1.53. The van der Waals surface area contributed by atoms with Gasteiger partial charge in [0.1, 0.15) is 6.10 Å². The molecule has 1 aromatic carbocycles. The van der Waals surface area contributed by atoms with Gasteiger partial charge in [-0.1, -0.05) is 30.3 Å². The zero-order valence-corrected chi connectivity index (χ0v) is 16.2. The molecule has 142 valence electrons. The van der Waals surface area contributed by atoms with Gasteiger partial charge in [0.15, 0.2) is 0 Å². The normalized spacial score (nSPS) is 20.6. The molecule has 0 bridgehead atoms. The van der Waals surface area contributed by atoms with Crippen LogP contribution in [0.4, 0.5) is 0 Å². The van der Waals surface area contributed by atoms with Gasteiger partial charge in [-0.3, -0.25) is 9.59 Å². The van der Waals surface area contributed by atoms with Crippen molar-refractivity contribution in [3.63, 3.8) is 0 Å². The number of carbonyl (C=O) groups is 2. The minimum absolute atomic E-state index is 0.00708. The molecule has 1 unspecified atom stereocenters. The van der Waals surface area contributed by atoms with Crippen molar-refractivity contribution in [3.8, 4) is 0 Å². The standard InChI is InChI=1S/C20H28N2O3S/c1-26-12-7-17(23)19(25)21-10-8-20(9-11-21)13-18(24)22(15-20)14-16-5-3-2-4-6-16/h2-6,17,23H,7-15H2,1H3. The summed E-state index contributed by atoms with van der Waals surface area (Å²) >= 11 is 1.64. The molecule has 5 nitrogen and oxygen atoms in total. The Labute approximate surface area is 159 Å². The second kappa shape index (κ2) is 8.44. The quantitative estimate of drug-likeness (QED) is 0.826. The average Bonchev–Trinajstić information content (AvgIpc) is 2.95. The lowest BCUT2D eigenvalue weighted by atomic mass is 9.77. The Bertz CT molecular complexity index is 629. The number of likely N-dealkylation sites (tertiary alicyclic amines) is 2. The number of nitrogens with zero attached hydrogens (tertiary/aromatic N) is 2. The van der Waals surface area contributed by atoms with E-state index in [1.165, 1.54) is 0 Å². The summed E-state index contributed by atoms with van der Waals surface area (Å²) in [6.45, 7) is 2.72. The van der Waals surface area contributed by atoms with Gasteiger partial charge in [0.05, 0.1) is 0 Å².